The van der Waals surface area contributed by atoms with E-state index in [0.29, 0.717) is 12.5 Å². The molecule has 3 N–H and O–H groups in total. The first-order valence-electron chi connectivity index (χ1n) is 7.47. The van der Waals surface area contributed by atoms with Gasteiger partial charge in [-0.1, -0.05) is 18.2 Å². The molecule has 3 rings (SSSR count). The molecule has 1 aromatic heterocycles. The number of nitrogens with one attached hydrogen (secondary N) is 1. The molecule has 5 nitrogen and oxygen atoms in total. The highest BCUT2D eigenvalue weighted by Crippen LogP contribution is 2.27. The lowest BCUT2D eigenvalue weighted by atomic mass is 9.98. The summed E-state index contributed by atoms with van der Waals surface area (Å²) in [5.74, 6) is 0.335. The van der Waals surface area contributed by atoms with E-state index in [1.165, 1.54) is 15.0 Å². The van der Waals surface area contributed by atoms with Crippen LogP contribution in [0.2, 0.25) is 0 Å². The zero-order chi connectivity index (χ0) is 15.6. The van der Waals surface area contributed by atoms with Crippen LogP contribution >= 0.6 is 11.3 Å². The normalized spacial score (nSPS) is 20.5. The summed E-state index contributed by atoms with van der Waals surface area (Å²) in [6.07, 6.45) is 2.15. The predicted octanol–water partition coefficient (Wildman–Crippen LogP) is 1.91. The minimum Gasteiger partial charge on any atom is -0.298 e. The molecule has 120 valence electrons. The third kappa shape index (κ3) is 4.27. The van der Waals surface area contributed by atoms with Crippen LogP contribution in [0.1, 0.15) is 17.7 Å². The number of hydrogen-bond acceptors (Lipinski definition) is 4. The lowest BCUT2D eigenvalue weighted by Crippen LogP contribution is -2.42. The fourth-order valence-electron chi connectivity index (χ4n) is 3.03. The van der Waals surface area contributed by atoms with Gasteiger partial charge in [-0.05, 0) is 42.8 Å². The number of piperidine rings is 1. The van der Waals surface area contributed by atoms with Crippen LogP contribution in [0, 0.1) is 5.92 Å². The first-order valence-corrected chi connectivity index (χ1v) is 9.83. The first-order chi connectivity index (χ1) is 10.5. The van der Waals surface area contributed by atoms with Crippen molar-refractivity contribution in [2.45, 2.75) is 19.4 Å². The van der Waals surface area contributed by atoms with Crippen LogP contribution in [0.3, 0.4) is 0 Å². The van der Waals surface area contributed by atoms with E-state index in [-0.39, 0.29) is 0 Å². The Morgan fingerprint density at radius 2 is 2.18 bits per heavy atom. The molecule has 1 saturated heterocycles. The molecular weight excluding hydrogens is 318 g/mol. The van der Waals surface area contributed by atoms with Crippen molar-refractivity contribution in [3.8, 4) is 0 Å². The lowest BCUT2D eigenvalue weighted by molar-refractivity contribution is 0.170. The molecule has 1 aromatic carbocycles. The molecule has 22 heavy (non-hydrogen) atoms. The maximum atomic E-state index is 11.0. The molecule has 2 aromatic rings. The second kappa shape index (κ2) is 6.64. The zero-order valence-corrected chi connectivity index (χ0v) is 14.0. The van der Waals surface area contributed by atoms with E-state index in [4.69, 9.17) is 5.14 Å². The van der Waals surface area contributed by atoms with Crippen LogP contribution in [-0.2, 0) is 16.8 Å². The van der Waals surface area contributed by atoms with Gasteiger partial charge in [-0.25, -0.2) is 9.86 Å². The van der Waals surface area contributed by atoms with Crippen molar-refractivity contribution >= 4 is 31.6 Å². The Balaban J connectivity index is 1.60. The molecule has 0 radical (unpaired) electrons. The van der Waals surface area contributed by atoms with Crippen molar-refractivity contribution < 1.29 is 8.42 Å². The van der Waals surface area contributed by atoms with Crippen LogP contribution < -0.4 is 9.86 Å². The van der Waals surface area contributed by atoms with Crippen LogP contribution in [0.15, 0.2) is 30.3 Å². The van der Waals surface area contributed by atoms with E-state index in [1.807, 2.05) is 11.3 Å². The molecule has 1 aliphatic heterocycles. The lowest BCUT2D eigenvalue weighted by Gasteiger charge is -2.32. The van der Waals surface area contributed by atoms with Gasteiger partial charge in [0.15, 0.2) is 0 Å². The monoisotopic (exact) mass is 339 g/mol. The highest BCUT2D eigenvalue weighted by Gasteiger charge is 2.21. The minimum absolute atomic E-state index is 0.335. The fourth-order valence-corrected chi connectivity index (χ4v) is 4.61. The minimum atomic E-state index is -3.58. The predicted molar refractivity (Wildman–Crippen MR) is 90.9 cm³/mol. The van der Waals surface area contributed by atoms with Gasteiger partial charge in [0.1, 0.15) is 0 Å². The second-order valence-electron chi connectivity index (χ2n) is 5.89. The standard InChI is InChI=1S/C15H21N3O2S2/c16-22(19,20)17-9-12-4-3-7-18(10-12)11-14-8-13-5-1-2-6-15(13)21-14/h1-2,5-6,8,12,17H,3-4,7,9-11H2,(H2,16,19,20)/t12-/m0/s1. The quantitative estimate of drug-likeness (QED) is 0.874. The third-order valence-electron chi connectivity index (χ3n) is 4.03. The Kier molecular flexibility index (Phi) is 4.79. The first kappa shape index (κ1) is 15.9. The van der Waals surface area contributed by atoms with Crippen LogP contribution in [0.25, 0.3) is 10.1 Å². The van der Waals surface area contributed by atoms with E-state index >= 15 is 0 Å². The number of nitrogens with zero attached hydrogens (tertiary/aromatic N) is 1. The van der Waals surface area contributed by atoms with Crippen molar-refractivity contribution in [3.63, 3.8) is 0 Å². The SMILES string of the molecule is NS(=O)(=O)NC[C@@H]1CCCN(Cc2cc3ccccc3s2)C1. The molecule has 1 atom stereocenters. The van der Waals surface area contributed by atoms with Gasteiger partial charge in [0, 0.05) is 29.2 Å². The maximum Gasteiger partial charge on any atom is 0.274 e. The average Bonchev–Trinajstić information content (AvgIpc) is 2.87. The van der Waals surface area contributed by atoms with Crippen molar-refractivity contribution in [2.24, 2.45) is 11.1 Å². The van der Waals surface area contributed by atoms with Gasteiger partial charge in [-0.15, -0.1) is 11.3 Å². The Bertz CT molecular complexity index is 709. The summed E-state index contributed by atoms with van der Waals surface area (Å²) in [6.45, 7) is 3.35. The Morgan fingerprint density at radius 3 is 2.95 bits per heavy atom. The molecular formula is C15H21N3O2S2. The second-order valence-corrected chi connectivity index (χ2v) is 8.43. The van der Waals surface area contributed by atoms with E-state index in [0.717, 1.165) is 32.5 Å². The van der Waals surface area contributed by atoms with Gasteiger partial charge in [0.05, 0.1) is 0 Å². The van der Waals surface area contributed by atoms with Crippen LogP contribution in [-0.4, -0.2) is 33.0 Å². The summed E-state index contributed by atoms with van der Waals surface area (Å²) in [7, 11) is -3.58. The average molecular weight is 339 g/mol. The van der Waals surface area contributed by atoms with Crippen LogP contribution in [0.5, 0.6) is 0 Å². The molecule has 0 aliphatic carbocycles. The highest BCUT2D eigenvalue weighted by molar-refractivity contribution is 7.87. The number of likely N-dealkylation sites (tertiary alicyclic amines) is 1. The fraction of sp³-hybridized carbons (Fsp3) is 0.467. The number of nitrogens with two attached hydrogens (primary N) is 1. The summed E-state index contributed by atoms with van der Waals surface area (Å²) in [5, 5.41) is 6.30. The zero-order valence-electron chi connectivity index (χ0n) is 12.4. The van der Waals surface area contributed by atoms with Crippen molar-refractivity contribution in [3.05, 3.63) is 35.2 Å². The van der Waals surface area contributed by atoms with E-state index in [2.05, 4.69) is 40.0 Å². The van der Waals surface area contributed by atoms with Crippen molar-refractivity contribution in [1.29, 1.82) is 0 Å². The number of hydrogen-bond donors (Lipinski definition) is 2. The van der Waals surface area contributed by atoms with Gasteiger partial charge in [-0.3, -0.25) is 4.90 Å². The molecule has 0 unspecified atom stereocenters. The summed E-state index contributed by atoms with van der Waals surface area (Å²) in [5.41, 5.74) is 0. The molecule has 1 aliphatic rings. The van der Waals surface area contributed by atoms with E-state index < -0.39 is 10.2 Å². The van der Waals surface area contributed by atoms with Gasteiger partial charge >= 0.3 is 0 Å². The molecule has 1 fully saturated rings. The third-order valence-corrected chi connectivity index (χ3v) is 5.70. The number of thiophene rings is 1. The number of rotatable bonds is 5. The molecule has 0 bridgehead atoms. The summed E-state index contributed by atoms with van der Waals surface area (Å²) >= 11 is 1.84. The largest absolute Gasteiger partial charge is 0.298 e. The van der Waals surface area contributed by atoms with Crippen molar-refractivity contribution in [1.82, 2.24) is 9.62 Å². The van der Waals surface area contributed by atoms with E-state index in [9.17, 15) is 8.42 Å². The molecule has 0 amide bonds. The number of benzene rings is 1. The van der Waals surface area contributed by atoms with Gasteiger partial charge in [0.25, 0.3) is 10.2 Å². The number of fused-ring (bicyclic) bond motifs is 1. The maximum absolute atomic E-state index is 11.0. The summed E-state index contributed by atoms with van der Waals surface area (Å²) in [4.78, 5) is 3.77. The molecule has 7 heteroatoms. The van der Waals surface area contributed by atoms with E-state index in [1.54, 1.807) is 0 Å². The molecule has 0 spiro atoms. The Morgan fingerprint density at radius 1 is 1.36 bits per heavy atom. The Labute approximate surface area is 135 Å². The summed E-state index contributed by atoms with van der Waals surface area (Å²) < 4.78 is 25.7. The smallest absolute Gasteiger partial charge is 0.274 e. The van der Waals surface area contributed by atoms with Gasteiger partial charge in [0.2, 0.25) is 0 Å². The Hall–Kier alpha value is -0.990. The van der Waals surface area contributed by atoms with Crippen LogP contribution in [0.4, 0.5) is 0 Å². The van der Waals surface area contributed by atoms with Gasteiger partial charge < -0.3 is 0 Å². The van der Waals surface area contributed by atoms with Gasteiger partial charge in [-0.2, -0.15) is 8.42 Å². The molecule has 0 saturated carbocycles. The highest BCUT2D eigenvalue weighted by atomic mass is 32.2. The van der Waals surface area contributed by atoms with Crippen molar-refractivity contribution in [2.75, 3.05) is 19.6 Å². The summed E-state index contributed by atoms with van der Waals surface area (Å²) in [6, 6.07) is 10.7. The molecule has 2 heterocycles. The topological polar surface area (TPSA) is 75.4 Å².